The third kappa shape index (κ3) is 4.12. The molecule has 0 saturated heterocycles. The van der Waals surface area contributed by atoms with Crippen LogP contribution in [0.2, 0.25) is 0 Å². The second-order valence-electron chi connectivity index (χ2n) is 6.23. The van der Waals surface area contributed by atoms with Gasteiger partial charge in [0, 0.05) is 42.5 Å². The van der Waals surface area contributed by atoms with Crippen molar-refractivity contribution in [1.29, 1.82) is 0 Å². The van der Waals surface area contributed by atoms with Crippen LogP contribution in [0.1, 0.15) is 21.6 Å². The van der Waals surface area contributed by atoms with E-state index in [0.717, 1.165) is 11.3 Å². The number of aromatic amines is 1. The minimum atomic E-state index is -1.10. The van der Waals surface area contributed by atoms with Crippen LogP contribution < -0.4 is 11.1 Å². The van der Waals surface area contributed by atoms with Crippen molar-refractivity contribution in [3.63, 3.8) is 0 Å². The second kappa shape index (κ2) is 8.26. The van der Waals surface area contributed by atoms with E-state index in [4.69, 9.17) is 5.73 Å². The van der Waals surface area contributed by atoms with Gasteiger partial charge in [0.25, 0.3) is 11.8 Å². The highest BCUT2D eigenvalue weighted by atomic mass is 16.2. The maximum absolute atomic E-state index is 12.9. The summed E-state index contributed by atoms with van der Waals surface area (Å²) in [6, 6.07) is 7.70. The van der Waals surface area contributed by atoms with Crippen LogP contribution in [-0.2, 0) is 16.0 Å². The molecule has 0 aliphatic carbocycles. The molecule has 3 rings (SSSR count). The highest BCUT2D eigenvalue weighted by Gasteiger charge is 2.27. The molecule has 0 aromatic carbocycles. The number of aryl methyl sites for hydroxylation is 1. The lowest BCUT2D eigenvalue weighted by molar-refractivity contribution is -0.137. The molecule has 0 bridgehead atoms. The van der Waals surface area contributed by atoms with Crippen LogP contribution in [0.4, 0.5) is 0 Å². The number of hydrogen-bond donors (Lipinski definition) is 3. The number of amides is 2. The number of nitrogens with zero attached hydrogens (tertiary/aromatic N) is 2. The van der Waals surface area contributed by atoms with E-state index in [2.05, 4.69) is 20.3 Å². The number of carbonyl (C=O) groups is 3. The molecular formula is C20H19N5O3. The number of pyridine rings is 2. The zero-order chi connectivity index (χ0) is 20.1. The lowest BCUT2D eigenvalue weighted by Crippen LogP contribution is -2.47. The van der Waals surface area contributed by atoms with E-state index in [9.17, 15) is 14.4 Å². The van der Waals surface area contributed by atoms with E-state index in [0.29, 0.717) is 16.8 Å². The standard InChI is InChI=1S/C20H19N5O3/c1-12-17(15-4-2-3-7-23-15)14(11-24-12)20(28)25-16(18(26)19(21)27)10-13-5-8-22-9-6-13/h2-9,11,16,24H,10H2,1H3,(H2,21,27)(H,25,28). The molecule has 0 fully saturated rings. The summed E-state index contributed by atoms with van der Waals surface area (Å²) in [7, 11) is 0. The molecule has 3 heterocycles. The topological polar surface area (TPSA) is 131 Å². The van der Waals surface area contributed by atoms with E-state index in [1.165, 1.54) is 0 Å². The van der Waals surface area contributed by atoms with Gasteiger partial charge < -0.3 is 16.0 Å². The number of nitrogens with one attached hydrogen (secondary N) is 2. The van der Waals surface area contributed by atoms with E-state index in [1.54, 1.807) is 49.1 Å². The van der Waals surface area contributed by atoms with Crippen molar-refractivity contribution >= 4 is 17.6 Å². The van der Waals surface area contributed by atoms with Crippen LogP contribution in [0.5, 0.6) is 0 Å². The number of nitrogens with two attached hydrogens (primary N) is 1. The molecular weight excluding hydrogens is 358 g/mol. The molecule has 1 atom stereocenters. The molecule has 8 nitrogen and oxygen atoms in total. The average Bonchev–Trinajstić information content (AvgIpc) is 3.09. The summed E-state index contributed by atoms with van der Waals surface area (Å²) in [5.41, 5.74) is 8.24. The van der Waals surface area contributed by atoms with Gasteiger partial charge in [0.05, 0.1) is 11.3 Å². The van der Waals surface area contributed by atoms with Crippen molar-refractivity contribution < 1.29 is 14.4 Å². The van der Waals surface area contributed by atoms with Gasteiger partial charge in [-0.1, -0.05) is 6.07 Å². The Kier molecular flexibility index (Phi) is 5.59. The number of Topliss-reactive ketones (excluding diaryl/α,β-unsaturated/α-hetero) is 1. The van der Waals surface area contributed by atoms with E-state index >= 15 is 0 Å². The maximum Gasteiger partial charge on any atom is 0.287 e. The maximum atomic E-state index is 12.9. The predicted molar refractivity (Wildman–Crippen MR) is 102 cm³/mol. The SMILES string of the molecule is Cc1[nH]cc(C(=O)NC(Cc2ccncc2)C(=O)C(N)=O)c1-c1ccccn1. The molecule has 2 amide bonds. The summed E-state index contributed by atoms with van der Waals surface area (Å²) in [6.45, 7) is 1.82. The van der Waals surface area contributed by atoms with Gasteiger partial charge in [-0.05, 0) is 36.8 Å². The van der Waals surface area contributed by atoms with Gasteiger partial charge in [0.1, 0.15) is 6.04 Å². The molecule has 4 N–H and O–H groups in total. The van der Waals surface area contributed by atoms with Crippen LogP contribution in [0, 0.1) is 6.92 Å². The molecule has 0 saturated carbocycles. The Bertz CT molecular complexity index is 999. The van der Waals surface area contributed by atoms with Gasteiger partial charge in [0.2, 0.25) is 5.78 Å². The minimum Gasteiger partial charge on any atom is -0.364 e. The number of rotatable bonds is 7. The summed E-state index contributed by atoms with van der Waals surface area (Å²) in [5, 5.41) is 2.63. The molecule has 3 aromatic rings. The van der Waals surface area contributed by atoms with Crippen LogP contribution in [0.3, 0.4) is 0 Å². The largest absolute Gasteiger partial charge is 0.364 e. The summed E-state index contributed by atoms with van der Waals surface area (Å²) < 4.78 is 0. The van der Waals surface area contributed by atoms with Crippen molar-refractivity contribution in [1.82, 2.24) is 20.3 Å². The highest BCUT2D eigenvalue weighted by molar-refractivity contribution is 6.38. The Labute approximate surface area is 161 Å². The smallest absolute Gasteiger partial charge is 0.287 e. The van der Waals surface area contributed by atoms with E-state index < -0.39 is 23.6 Å². The second-order valence-corrected chi connectivity index (χ2v) is 6.23. The van der Waals surface area contributed by atoms with Gasteiger partial charge in [0.15, 0.2) is 0 Å². The van der Waals surface area contributed by atoms with Gasteiger partial charge >= 0.3 is 0 Å². The van der Waals surface area contributed by atoms with Gasteiger partial charge in [-0.15, -0.1) is 0 Å². The van der Waals surface area contributed by atoms with Crippen molar-refractivity contribution in [3.05, 3.63) is 71.9 Å². The fourth-order valence-electron chi connectivity index (χ4n) is 2.92. The predicted octanol–water partition coefficient (Wildman–Crippen LogP) is 1.18. The molecule has 0 aliphatic rings. The zero-order valence-corrected chi connectivity index (χ0v) is 15.2. The van der Waals surface area contributed by atoms with Gasteiger partial charge in [-0.25, -0.2) is 0 Å². The van der Waals surface area contributed by atoms with Crippen molar-refractivity contribution in [3.8, 4) is 11.3 Å². The van der Waals surface area contributed by atoms with Crippen molar-refractivity contribution in [2.75, 3.05) is 0 Å². The number of ketones is 1. The molecule has 0 radical (unpaired) electrons. The minimum absolute atomic E-state index is 0.123. The van der Waals surface area contributed by atoms with Crippen LogP contribution in [0.25, 0.3) is 11.3 Å². The Morgan fingerprint density at radius 2 is 1.89 bits per heavy atom. The first-order chi connectivity index (χ1) is 13.5. The Balaban J connectivity index is 1.89. The van der Waals surface area contributed by atoms with Crippen LogP contribution >= 0.6 is 0 Å². The number of primary amides is 1. The fourth-order valence-corrected chi connectivity index (χ4v) is 2.92. The zero-order valence-electron chi connectivity index (χ0n) is 15.2. The van der Waals surface area contributed by atoms with Crippen molar-refractivity contribution in [2.45, 2.75) is 19.4 Å². The third-order valence-corrected chi connectivity index (χ3v) is 4.30. The number of aromatic nitrogens is 3. The molecule has 142 valence electrons. The molecule has 0 spiro atoms. The number of carbonyl (C=O) groups excluding carboxylic acids is 3. The van der Waals surface area contributed by atoms with E-state index in [-0.39, 0.29) is 6.42 Å². The molecule has 3 aromatic heterocycles. The molecule has 1 unspecified atom stereocenters. The molecule has 28 heavy (non-hydrogen) atoms. The van der Waals surface area contributed by atoms with E-state index in [1.807, 2.05) is 13.0 Å². The third-order valence-electron chi connectivity index (χ3n) is 4.30. The fraction of sp³-hybridized carbons (Fsp3) is 0.150. The lowest BCUT2D eigenvalue weighted by atomic mass is 10.0. The van der Waals surface area contributed by atoms with Gasteiger partial charge in [-0.3, -0.25) is 24.4 Å². The summed E-state index contributed by atoms with van der Waals surface area (Å²) >= 11 is 0. The average molecular weight is 377 g/mol. The van der Waals surface area contributed by atoms with Crippen LogP contribution in [-0.4, -0.2) is 38.6 Å². The Morgan fingerprint density at radius 3 is 2.54 bits per heavy atom. The first kappa shape index (κ1) is 19.0. The first-order valence-electron chi connectivity index (χ1n) is 8.60. The Morgan fingerprint density at radius 1 is 1.14 bits per heavy atom. The monoisotopic (exact) mass is 377 g/mol. The normalized spacial score (nSPS) is 11.6. The lowest BCUT2D eigenvalue weighted by Gasteiger charge is -2.16. The highest BCUT2D eigenvalue weighted by Crippen LogP contribution is 2.25. The first-order valence-corrected chi connectivity index (χ1v) is 8.60. The number of H-pyrrole nitrogens is 1. The summed E-state index contributed by atoms with van der Waals surface area (Å²) in [5.74, 6) is -2.47. The van der Waals surface area contributed by atoms with Gasteiger partial charge in [-0.2, -0.15) is 0 Å². The molecule has 0 aliphatic heterocycles. The molecule has 8 heteroatoms. The Hall–Kier alpha value is -3.81. The summed E-state index contributed by atoms with van der Waals surface area (Å²) in [4.78, 5) is 47.8. The van der Waals surface area contributed by atoms with Crippen LogP contribution in [0.15, 0.2) is 55.1 Å². The van der Waals surface area contributed by atoms with Crippen molar-refractivity contribution in [2.24, 2.45) is 5.73 Å². The quantitative estimate of drug-likeness (QED) is 0.532. The number of hydrogen-bond acceptors (Lipinski definition) is 5. The summed E-state index contributed by atoms with van der Waals surface area (Å²) in [6.07, 6.45) is 6.44.